The molecule has 0 atom stereocenters. The molecule has 0 amide bonds. The van der Waals surface area contributed by atoms with Gasteiger partial charge in [-0.2, -0.15) is 0 Å². The van der Waals surface area contributed by atoms with Gasteiger partial charge in [-0.05, 0) is 61.6 Å². The second-order valence-corrected chi connectivity index (χ2v) is 6.57. The number of nitrogens with zero attached hydrogens (tertiary/aromatic N) is 2. The van der Waals surface area contributed by atoms with Crippen LogP contribution in [0.1, 0.15) is 50.3 Å². The van der Waals surface area contributed by atoms with Crippen LogP contribution in [0.15, 0.2) is 12.1 Å². The molecule has 0 aliphatic heterocycles. The third-order valence-electron chi connectivity index (χ3n) is 4.34. The Morgan fingerprint density at radius 2 is 1.80 bits per heavy atom. The molecule has 3 rings (SSSR count). The van der Waals surface area contributed by atoms with E-state index in [9.17, 15) is 0 Å². The van der Waals surface area contributed by atoms with E-state index in [4.69, 9.17) is 10.7 Å². The maximum absolute atomic E-state index is 5.86. The zero-order chi connectivity index (χ0) is 13.9. The molecule has 2 saturated carbocycles. The molecule has 0 radical (unpaired) electrons. The number of anilines is 1. The van der Waals surface area contributed by atoms with Crippen LogP contribution in [0.2, 0.25) is 0 Å². The van der Waals surface area contributed by atoms with E-state index >= 15 is 0 Å². The van der Waals surface area contributed by atoms with E-state index in [0.29, 0.717) is 6.54 Å². The largest absolute Gasteiger partial charge is 0.356 e. The van der Waals surface area contributed by atoms with Crippen LogP contribution in [0.3, 0.4) is 0 Å². The Kier molecular flexibility index (Phi) is 4.25. The summed E-state index contributed by atoms with van der Waals surface area (Å²) in [5, 5.41) is 0. The highest BCUT2D eigenvalue weighted by atomic mass is 15.2. The number of pyridine rings is 1. The fraction of sp³-hybridized carbons (Fsp3) is 0.706. The van der Waals surface area contributed by atoms with Crippen molar-refractivity contribution in [2.75, 3.05) is 18.0 Å². The minimum Gasteiger partial charge on any atom is -0.356 e. The molecule has 0 aromatic carbocycles. The average Bonchev–Trinajstić information content (AvgIpc) is 3.33. The van der Waals surface area contributed by atoms with Gasteiger partial charge in [-0.25, -0.2) is 4.98 Å². The number of hydrogen-bond donors (Lipinski definition) is 1. The van der Waals surface area contributed by atoms with E-state index in [1.165, 1.54) is 55.8 Å². The standard InChI is InChI=1S/C17H27N3/c1-2-3-16-8-15(10-18)9-17(19-16)20(11-13-4-5-13)12-14-6-7-14/h8-9,13-14H,2-7,10-12,18H2,1H3. The zero-order valence-corrected chi connectivity index (χ0v) is 12.6. The van der Waals surface area contributed by atoms with Crippen LogP contribution in [0.4, 0.5) is 5.82 Å². The van der Waals surface area contributed by atoms with Crippen LogP contribution in [0, 0.1) is 11.8 Å². The summed E-state index contributed by atoms with van der Waals surface area (Å²) in [6, 6.07) is 4.39. The Morgan fingerprint density at radius 1 is 1.15 bits per heavy atom. The van der Waals surface area contributed by atoms with E-state index in [2.05, 4.69) is 24.0 Å². The minimum atomic E-state index is 0.618. The quantitative estimate of drug-likeness (QED) is 0.791. The molecule has 3 heteroatoms. The molecule has 1 aromatic rings. The van der Waals surface area contributed by atoms with Crippen molar-refractivity contribution < 1.29 is 0 Å². The van der Waals surface area contributed by atoms with E-state index in [1.807, 2.05) is 0 Å². The van der Waals surface area contributed by atoms with Crippen molar-refractivity contribution in [2.45, 2.75) is 52.0 Å². The van der Waals surface area contributed by atoms with Crippen molar-refractivity contribution in [3.05, 3.63) is 23.4 Å². The molecule has 0 saturated heterocycles. The number of hydrogen-bond acceptors (Lipinski definition) is 3. The van der Waals surface area contributed by atoms with Crippen LogP contribution in [0.5, 0.6) is 0 Å². The van der Waals surface area contributed by atoms with Crippen molar-refractivity contribution in [3.63, 3.8) is 0 Å². The van der Waals surface area contributed by atoms with Gasteiger partial charge in [0.25, 0.3) is 0 Å². The van der Waals surface area contributed by atoms with Gasteiger partial charge in [-0.1, -0.05) is 13.3 Å². The van der Waals surface area contributed by atoms with Crippen LogP contribution < -0.4 is 10.6 Å². The van der Waals surface area contributed by atoms with Crippen LogP contribution in [0.25, 0.3) is 0 Å². The van der Waals surface area contributed by atoms with Crippen LogP contribution in [-0.4, -0.2) is 18.1 Å². The Bertz CT molecular complexity index is 436. The van der Waals surface area contributed by atoms with Gasteiger partial charge >= 0.3 is 0 Å². The van der Waals surface area contributed by atoms with Crippen LogP contribution in [-0.2, 0) is 13.0 Å². The van der Waals surface area contributed by atoms with Crippen LogP contribution >= 0.6 is 0 Å². The fourth-order valence-corrected chi connectivity index (χ4v) is 2.78. The first-order chi connectivity index (χ1) is 9.78. The van der Waals surface area contributed by atoms with Crippen molar-refractivity contribution in [2.24, 2.45) is 17.6 Å². The third-order valence-corrected chi connectivity index (χ3v) is 4.34. The number of rotatable bonds is 8. The highest BCUT2D eigenvalue weighted by Gasteiger charge is 2.30. The molecule has 2 fully saturated rings. The topological polar surface area (TPSA) is 42.1 Å². The van der Waals surface area contributed by atoms with Gasteiger partial charge in [-0.15, -0.1) is 0 Å². The molecular formula is C17H27N3. The third kappa shape index (κ3) is 3.72. The summed E-state index contributed by atoms with van der Waals surface area (Å²) in [5.41, 5.74) is 8.31. The molecule has 2 aliphatic carbocycles. The predicted octanol–water partition coefficient (Wildman–Crippen LogP) is 3.12. The monoisotopic (exact) mass is 273 g/mol. The Balaban J connectivity index is 1.80. The van der Waals surface area contributed by atoms with Crippen molar-refractivity contribution in [1.82, 2.24) is 4.98 Å². The van der Waals surface area contributed by atoms with Crippen molar-refractivity contribution in [1.29, 1.82) is 0 Å². The smallest absolute Gasteiger partial charge is 0.129 e. The highest BCUT2D eigenvalue weighted by molar-refractivity contribution is 5.43. The second kappa shape index (κ2) is 6.13. The summed E-state index contributed by atoms with van der Waals surface area (Å²) in [7, 11) is 0. The number of aryl methyl sites for hydroxylation is 1. The molecule has 0 bridgehead atoms. The molecule has 3 nitrogen and oxygen atoms in total. The van der Waals surface area contributed by atoms with Gasteiger partial charge in [0.2, 0.25) is 0 Å². The Morgan fingerprint density at radius 3 is 2.30 bits per heavy atom. The zero-order valence-electron chi connectivity index (χ0n) is 12.6. The predicted molar refractivity (Wildman–Crippen MR) is 83.8 cm³/mol. The number of nitrogens with two attached hydrogens (primary N) is 1. The summed E-state index contributed by atoms with van der Waals surface area (Å²) in [5.74, 6) is 2.99. The molecule has 0 unspecified atom stereocenters. The van der Waals surface area contributed by atoms with E-state index < -0.39 is 0 Å². The van der Waals surface area contributed by atoms with E-state index in [1.54, 1.807) is 0 Å². The first-order valence-electron chi connectivity index (χ1n) is 8.23. The molecule has 0 spiro atoms. The maximum atomic E-state index is 5.86. The molecule has 2 N–H and O–H groups in total. The van der Waals surface area contributed by atoms with Crippen molar-refractivity contribution in [3.8, 4) is 0 Å². The normalized spacial score (nSPS) is 18.3. The molecule has 1 heterocycles. The molecule has 110 valence electrons. The van der Waals surface area contributed by atoms with Crippen molar-refractivity contribution >= 4 is 5.82 Å². The summed E-state index contributed by atoms with van der Waals surface area (Å²) >= 11 is 0. The summed E-state index contributed by atoms with van der Waals surface area (Å²) in [4.78, 5) is 7.44. The summed E-state index contributed by atoms with van der Waals surface area (Å²) in [6.07, 6.45) is 7.81. The van der Waals surface area contributed by atoms with Gasteiger partial charge in [-0.3, -0.25) is 0 Å². The van der Waals surface area contributed by atoms with Gasteiger partial charge < -0.3 is 10.6 Å². The average molecular weight is 273 g/mol. The van der Waals surface area contributed by atoms with Gasteiger partial charge in [0.15, 0.2) is 0 Å². The minimum absolute atomic E-state index is 0.618. The van der Waals surface area contributed by atoms with Gasteiger partial charge in [0.05, 0.1) is 0 Å². The first-order valence-corrected chi connectivity index (χ1v) is 8.23. The Labute approximate surface area is 122 Å². The fourth-order valence-electron chi connectivity index (χ4n) is 2.78. The number of aromatic nitrogens is 1. The second-order valence-electron chi connectivity index (χ2n) is 6.57. The van der Waals surface area contributed by atoms with E-state index in [-0.39, 0.29) is 0 Å². The van der Waals surface area contributed by atoms with E-state index in [0.717, 1.165) is 24.7 Å². The summed E-state index contributed by atoms with van der Waals surface area (Å²) < 4.78 is 0. The molecular weight excluding hydrogens is 246 g/mol. The SMILES string of the molecule is CCCc1cc(CN)cc(N(CC2CC2)CC2CC2)n1. The lowest BCUT2D eigenvalue weighted by molar-refractivity contribution is 0.668. The van der Waals surface area contributed by atoms with Gasteiger partial charge in [0, 0.05) is 25.3 Å². The molecule has 20 heavy (non-hydrogen) atoms. The maximum Gasteiger partial charge on any atom is 0.129 e. The molecule has 1 aromatic heterocycles. The lowest BCUT2D eigenvalue weighted by Crippen LogP contribution is -2.29. The lowest BCUT2D eigenvalue weighted by atomic mass is 10.1. The highest BCUT2D eigenvalue weighted by Crippen LogP contribution is 2.35. The first kappa shape index (κ1) is 13.9. The lowest BCUT2D eigenvalue weighted by Gasteiger charge is -2.25. The Hall–Kier alpha value is -1.09. The summed E-state index contributed by atoms with van der Waals surface area (Å²) in [6.45, 7) is 5.22. The van der Waals surface area contributed by atoms with Gasteiger partial charge in [0.1, 0.15) is 5.82 Å². The molecule has 2 aliphatic rings.